The summed E-state index contributed by atoms with van der Waals surface area (Å²) < 4.78 is 13.1. The standard InChI is InChI=1S/C5H9FINO2/c6-4(1-2-7)3-8-5(9)10/h4,8H,1-3H2,(H,9,10). The van der Waals surface area contributed by atoms with Crippen LogP contribution in [0, 0.1) is 0 Å². The summed E-state index contributed by atoms with van der Waals surface area (Å²) in [7, 11) is 0. The van der Waals surface area contributed by atoms with Crippen LogP contribution >= 0.6 is 22.6 Å². The molecule has 0 fully saturated rings. The van der Waals surface area contributed by atoms with Gasteiger partial charge in [-0.1, -0.05) is 22.6 Å². The number of carbonyl (C=O) groups is 1. The van der Waals surface area contributed by atoms with Crippen molar-refractivity contribution in [2.24, 2.45) is 0 Å². The smallest absolute Gasteiger partial charge is 0.404 e. The Balaban J connectivity index is 3.21. The number of nitrogens with one attached hydrogen (secondary N) is 1. The molecule has 0 aromatic heterocycles. The van der Waals surface area contributed by atoms with Crippen LogP contribution in [0.15, 0.2) is 0 Å². The molecule has 1 amide bonds. The van der Waals surface area contributed by atoms with Crippen molar-refractivity contribution in [1.82, 2.24) is 5.32 Å². The quantitative estimate of drug-likeness (QED) is 0.594. The van der Waals surface area contributed by atoms with Crippen molar-refractivity contribution in [1.29, 1.82) is 0 Å². The maximum Gasteiger partial charge on any atom is 0.404 e. The topological polar surface area (TPSA) is 49.3 Å². The molecule has 0 radical (unpaired) electrons. The number of amides is 1. The van der Waals surface area contributed by atoms with Crippen molar-refractivity contribution in [3.8, 4) is 0 Å². The van der Waals surface area contributed by atoms with E-state index < -0.39 is 12.3 Å². The summed E-state index contributed by atoms with van der Waals surface area (Å²) in [5.41, 5.74) is 0. The molecule has 0 aromatic rings. The van der Waals surface area contributed by atoms with Crippen molar-refractivity contribution < 1.29 is 14.3 Å². The average Bonchev–Trinajstić information content (AvgIpc) is 1.85. The first-order chi connectivity index (χ1) is 4.66. The van der Waals surface area contributed by atoms with E-state index in [0.29, 0.717) is 10.8 Å². The lowest BCUT2D eigenvalue weighted by Crippen LogP contribution is -2.28. The highest BCUT2D eigenvalue weighted by Gasteiger charge is 2.05. The molecule has 1 unspecified atom stereocenters. The Morgan fingerprint density at radius 2 is 2.40 bits per heavy atom. The van der Waals surface area contributed by atoms with Gasteiger partial charge in [-0.3, -0.25) is 0 Å². The van der Waals surface area contributed by atoms with Crippen LogP contribution in [0.4, 0.5) is 9.18 Å². The van der Waals surface area contributed by atoms with Gasteiger partial charge < -0.3 is 10.4 Å². The molecule has 0 aliphatic carbocycles. The average molecular weight is 261 g/mol. The number of hydrogen-bond donors (Lipinski definition) is 2. The third-order valence-electron chi connectivity index (χ3n) is 0.897. The van der Waals surface area contributed by atoms with Gasteiger partial charge in [-0.15, -0.1) is 0 Å². The summed E-state index contributed by atoms with van der Waals surface area (Å²) in [6.45, 7) is -0.0989. The Labute approximate surface area is 72.1 Å². The normalized spacial score (nSPS) is 12.6. The third-order valence-corrected chi connectivity index (χ3v) is 1.52. The fraction of sp³-hybridized carbons (Fsp3) is 0.800. The van der Waals surface area contributed by atoms with Gasteiger partial charge in [-0.05, 0) is 6.42 Å². The minimum Gasteiger partial charge on any atom is -0.465 e. The molecule has 0 bridgehead atoms. The first kappa shape index (κ1) is 9.93. The van der Waals surface area contributed by atoms with Gasteiger partial charge in [0.1, 0.15) is 6.17 Å². The van der Waals surface area contributed by atoms with E-state index in [2.05, 4.69) is 0 Å². The van der Waals surface area contributed by atoms with Crippen molar-refractivity contribution in [2.45, 2.75) is 12.6 Å². The maximum absolute atomic E-state index is 12.4. The van der Waals surface area contributed by atoms with Crippen LogP contribution in [0.1, 0.15) is 6.42 Å². The van der Waals surface area contributed by atoms with Crippen LogP contribution in [-0.4, -0.2) is 28.3 Å². The van der Waals surface area contributed by atoms with E-state index in [1.807, 2.05) is 27.9 Å². The number of halogens is 2. The summed E-state index contributed by atoms with van der Waals surface area (Å²) in [6, 6.07) is 0. The van der Waals surface area contributed by atoms with Crippen LogP contribution in [0.3, 0.4) is 0 Å². The van der Waals surface area contributed by atoms with E-state index in [0.717, 1.165) is 0 Å². The summed E-state index contributed by atoms with van der Waals surface area (Å²) >= 11 is 2.04. The lowest BCUT2D eigenvalue weighted by Gasteiger charge is -2.04. The largest absolute Gasteiger partial charge is 0.465 e. The van der Waals surface area contributed by atoms with E-state index in [1.165, 1.54) is 0 Å². The molecule has 0 saturated heterocycles. The zero-order valence-electron chi connectivity index (χ0n) is 5.31. The van der Waals surface area contributed by atoms with Crippen molar-refractivity contribution >= 4 is 28.7 Å². The zero-order valence-corrected chi connectivity index (χ0v) is 7.47. The van der Waals surface area contributed by atoms with Crippen LogP contribution in [0.25, 0.3) is 0 Å². The van der Waals surface area contributed by atoms with Crippen LogP contribution < -0.4 is 5.32 Å². The van der Waals surface area contributed by atoms with Gasteiger partial charge in [0, 0.05) is 4.43 Å². The van der Waals surface area contributed by atoms with Crippen LogP contribution in [0.5, 0.6) is 0 Å². The Morgan fingerprint density at radius 3 is 2.80 bits per heavy atom. The maximum atomic E-state index is 12.4. The van der Waals surface area contributed by atoms with E-state index in [4.69, 9.17) is 5.11 Å². The highest BCUT2D eigenvalue weighted by molar-refractivity contribution is 14.1. The number of hydrogen-bond acceptors (Lipinski definition) is 1. The monoisotopic (exact) mass is 261 g/mol. The second kappa shape index (κ2) is 5.70. The summed E-state index contributed by atoms with van der Waals surface area (Å²) in [5.74, 6) is 0. The number of alkyl halides is 2. The molecule has 0 saturated carbocycles. The van der Waals surface area contributed by atoms with E-state index in [9.17, 15) is 9.18 Å². The summed E-state index contributed by atoms with van der Waals surface area (Å²) in [4.78, 5) is 9.83. The van der Waals surface area contributed by atoms with Gasteiger partial charge in [0.05, 0.1) is 6.54 Å². The highest BCUT2D eigenvalue weighted by Crippen LogP contribution is 1.99. The molecule has 0 rings (SSSR count). The van der Waals surface area contributed by atoms with Gasteiger partial charge in [0.15, 0.2) is 0 Å². The van der Waals surface area contributed by atoms with E-state index >= 15 is 0 Å². The molecule has 3 nitrogen and oxygen atoms in total. The molecule has 0 aromatic carbocycles. The number of rotatable bonds is 4. The fourth-order valence-corrected chi connectivity index (χ4v) is 1.09. The molecular formula is C5H9FINO2. The Bertz CT molecular complexity index is 112. The predicted molar refractivity (Wildman–Crippen MR) is 44.4 cm³/mol. The molecule has 0 spiro atoms. The minimum absolute atomic E-state index is 0.0989. The molecule has 0 aliphatic heterocycles. The highest BCUT2D eigenvalue weighted by atomic mass is 127. The number of carboxylic acid groups (broad SMARTS) is 1. The second-order valence-corrected chi connectivity index (χ2v) is 2.84. The van der Waals surface area contributed by atoms with Gasteiger partial charge >= 0.3 is 6.09 Å². The van der Waals surface area contributed by atoms with Crippen molar-refractivity contribution in [3.05, 3.63) is 0 Å². The molecule has 2 N–H and O–H groups in total. The molecule has 60 valence electrons. The predicted octanol–water partition coefficient (Wildman–Crippen LogP) is 1.42. The zero-order chi connectivity index (χ0) is 7.98. The van der Waals surface area contributed by atoms with Gasteiger partial charge in [-0.25, -0.2) is 9.18 Å². The molecular weight excluding hydrogens is 252 g/mol. The molecule has 1 atom stereocenters. The molecule has 10 heavy (non-hydrogen) atoms. The fourth-order valence-electron chi connectivity index (χ4n) is 0.419. The Morgan fingerprint density at radius 1 is 1.80 bits per heavy atom. The van der Waals surface area contributed by atoms with Crippen molar-refractivity contribution in [2.75, 3.05) is 11.0 Å². The molecule has 0 heterocycles. The van der Waals surface area contributed by atoms with E-state index in [-0.39, 0.29) is 6.54 Å². The van der Waals surface area contributed by atoms with Gasteiger partial charge in [0.25, 0.3) is 0 Å². The minimum atomic E-state index is -1.17. The van der Waals surface area contributed by atoms with Crippen LogP contribution in [0.2, 0.25) is 0 Å². The summed E-state index contributed by atoms with van der Waals surface area (Å²) in [6.07, 6.45) is -1.81. The van der Waals surface area contributed by atoms with Gasteiger partial charge in [0.2, 0.25) is 0 Å². The first-order valence-electron chi connectivity index (χ1n) is 2.83. The second-order valence-electron chi connectivity index (χ2n) is 1.76. The lowest BCUT2D eigenvalue weighted by molar-refractivity contribution is 0.189. The Hall–Kier alpha value is -0.0700. The lowest BCUT2D eigenvalue weighted by atomic mass is 10.3. The molecule has 0 aliphatic rings. The van der Waals surface area contributed by atoms with Crippen molar-refractivity contribution in [3.63, 3.8) is 0 Å². The molecule has 5 heteroatoms. The van der Waals surface area contributed by atoms with Crippen LogP contribution in [-0.2, 0) is 0 Å². The summed E-state index contributed by atoms with van der Waals surface area (Å²) in [5, 5.41) is 10.0. The van der Waals surface area contributed by atoms with E-state index in [1.54, 1.807) is 0 Å². The SMILES string of the molecule is O=C(O)NCC(F)CCI. The Kier molecular flexibility index (Phi) is 5.66. The third kappa shape index (κ3) is 6.06. The van der Waals surface area contributed by atoms with Gasteiger partial charge in [-0.2, -0.15) is 0 Å². The first-order valence-corrected chi connectivity index (χ1v) is 4.36.